The monoisotopic (exact) mass is 311 g/mol. The van der Waals surface area contributed by atoms with Crippen molar-refractivity contribution in [3.05, 3.63) is 47.2 Å². The van der Waals surface area contributed by atoms with Gasteiger partial charge >= 0.3 is 5.97 Å². The van der Waals surface area contributed by atoms with Gasteiger partial charge in [0.05, 0.1) is 6.08 Å². The number of ether oxygens (including phenoxy) is 2. The Morgan fingerprint density at radius 3 is 2.50 bits per heavy atom. The highest BCUT2D eigenvalue weighted by Gasteiger charge is 2.37. The second-order valence-corrected chi connectivity index (χ2v) is 5.34. The average Bonchev–Trinajstić information content (AvgIpc) is 2.66. The molecule has 2 rings (SSSR count). The molecule has 0 unspecified atom stereocenters. The molecule has 5 nitrogen and oxygen atoms in total. The predicted octanol–water partition coefficient (Wildman–Crippen LogP) is 2.12. The molecule has 1 aromatic rings. The quantitative estimate of drug-likeness (QED) is 0.634. The molecule has 1 aliphatic heterocycles. The normalized spacial score (nSPS) is 18.0. The topological polar surface area (TPSA) is 55.8 Å². The van der Waals surface area contributed by atoms with Crippen LogP contribution in [-0.2, 0) is 25.6 Å². The van der Waals surface area contributed by atoms with E-state index in [9.17, 15) is 18.4 Å². The third-order valence-corrected chi connectivity index (χ3v) is 2.93. The number of carbonyl (C=O) groups excluding carboxylic acids is 2. The number of hydrogen-bond donors (Lipinski definition) is 0. The highest BCUT2D eigenvalue weighted by molar-refractivity contribution is 5.97. The van der Waals surface area contributed by atoms with Crippen LogP contribution < -0.4 is 0 Å². The molecule has 1 amide bonds. The van der Waals surface area contributed by atoms with Crippen molar-refractivity contribution >= 4 is 11.9 Å². The Bertz CT molecular complexity index is 655. The summed E-state index contributed by atoms with van der Waals surface area (Å²) in [4.78, 5) is 24.8. The van der Waals surface area contributed by atoms with Gasteiger partial charge in [0, 0.05) is 27.4 Å². The van der Waals surface area contributed by atoms with Crippen molar-refractivity contribution in [1.82, 2.24) is 4.90 Å². The summed E-state index contributed by atoms with van der Waals surface area (Å²) in [5, 5.41) is 0. The Balaban J connectivity index is 2.06. The SMILES string of the molecule is CN(Cc1ccc(F)c(F)c1)C(=O)/C=C1\OC(C)(C)OC1=O. The minimum Gasteiger partial charge on any atom is -0.445 e. The summed E-state index contributed by atoms with van der Waals surface area (Å²) in [5.41, 5.74) is 0.420. The molecule has 0 bridgehead atoms. The molecular formula is C15H15F2NO4. The summed E-state index contributed by atoms with van der Waals surface area (Å²) in [6, 6.07) is 3.37. The Hall–Kier alpha value is -2.44. The van der Waals surface area contributed by atoms with Gasteiger partial charge in [-0.2, -0.15) is 0 Å². The molecule has 0 spiro atoms. The molecule has 0 N–H and O–H groups in total. The highest BCUT2D eigenvalue weighted by atomic mass is 19.2. The predicted molar refractivity (Wildman–Crippen MR) is 72.2 cm³/mol. The summed E-state index contributed by atoms with van der Waals surface area (Å²) in [6.45, 7) is 3.14. The number of carbonyl (C=O) groups is 2. The van der Waals surface area contributed by atoms with Gasteiger partial charge in [0.25, 0.3) is 5.91 Å². The fraction of sp³-hybridized carbons (Fsp3) is 0.333. The van der Waals surface area contributed by atoms with Crippen LogP contribution in [0.5, 0.6) is 0 Å². The van der Waals surface area contributed by atoms with Crippen LogP contribution in [0, 0.1) is 11.6 Å². The van der Waals surface area contributed by atoms with E-state index in [1.807, 2.05) is 0 Å². The third kappa shape index (κ3) is 3.60. The molecule has 1 fully saturated rings. The van der Waals surface area contributed by atoms with E-state index in [0.717, 1.165) is 18.2 Å². The van der Waals surface area contributed by atoms with Crippen LogP contribution in [0.1, 0.15) is 19.4 Å². The van der Waals surface area contributed by atoms with Crippen LogP contribution in [0.15, 0.2) is 30.0 Å². The number of amides is 1. The molecule has 0 aliphatic carbocycles. The van der Waals surface area contributed by atoms with E-state index in [0.29, 0.717) is 5.56 Å². The van der Waals surface area contributed by atoms with E-state index in [4.69, 9.17) is 9.47 Å². The first-order valence-corrected chi connectivity index (χ1v) is 6.51. The van der Waals surface area contributed by atoms with Crippen LogP contribution >= 0.6 is 0 Å². The highest BCUT2D eigenvalue weighted by Crippen LogP contribution is 2.26. The van der Waals surface area contributed by atoms with E-state index >= 15 is 0 Å². The fourth-order valence-corrected chi connectivity index (χ4v) is 1.90. The molecule has 1 heterocycles. The van der Waals surface area contributed by atoms with E-state index in [-0.39, 0.29) is 12.3 Å². The van der Waals surface area contributed by atoms with E-state index in [2.05, 4.69) is 0 Å². The number of cyclic esters (lactones) is 1. The van der Waals surface area contributed by atoms with Crippen molar-refractivity contribution in [2.24, 2.45) is 0 Å². The van der Waals surface area contributed by atoms with Gasteiger partial charge in [0.1, 0.15) is 0 Å². The molecule has 7 heteroatoms. The Kier molecular flexibility index (Phi) is 4.16. The molecule has 0 aromatic heterocycles. The van der Waals surface area contributed by atoms with Gasteiger partial charge in [-0.15, -0.1) is 0 Å². The number of halogens is 2. The van der Waals surface area contributed by atoms with Gasteiger partial charge < -0.3 is 14.4 Å². The maximum absolute atomic E-state index is 13.1. The van der Waals surface area contributed by atoms with Gasteiger partial charge in [-0.1, -0.05) is 6.07 Å². The van der Waals surface area contributed by atoms with Crippen molar-refractivity contribution < 1.29 is 27.8 Å². The average molecular weight is 311 g/mol. The van der Waals surface area contributed by atoms with Gasteiger partial charge in [0.15, 0.2) is 11.6 Å². The summed E-state index contributed by atoms with van der Waals surface area (Å²) in [5.74, 6) is -4.48. The third-order valence-electron chi connectivity index (χ3n) is 2.93. The molecule has 1 aliphatic rings. The molecule has 118 valence electrons. The van der Waals surface area contributed by atoms with Gasteiger partial charge in [-0.3, -0.25) is 4.79 Å². The van der Waals surface area contributed by atoms with Gasteiger partial charge in [-0.05, 0) is 17.7 Å². The number of nitrogens with zero attached hydrogens (tertiary/aromatic N) is 1. The first-order valence-electron chi connectivity index (χ1n) is 6.51. The first kappa shape index (κ1) is 15.9. The molecule has 1 saturated heterocycles. The van der Waals surface area contributed by atoms with Gasteiger partial charge in [0.2, 0.25) is 11.5 Å². The lowest BCUT2D eigenvalue weighted by Crippen LogP contribution is -2.25. The van der Waals surface area contributed by atoms with E-state index in [1.54, 1.807) is 13.8 Å². The Morgan fingerprint density at radius 2 is 1.95 bits per heavy atom. The minimum atomic E-state index is -1.11. The maximum Gasteiger partial charge on any atom is 0.377 e. The maximum atomic E-state index is 13.1. The largest absolute Gasteiger partial charge is 0.445 e. The standard InChI is InChI=1S/C15H15F2NO4/c1-15(2)21-12(14(20)22-15)7-13(19)18(3)8-9-4-5-10(16)11(17)6-9/h4-7H,8H2,1-3H3/b12-7-. The van der Waals surface area contributed by atoms with Crippen LogP contribution in [-0.4, -0.2) is 29.6 Å². The number of hydrogen-bond acceptors (Lipinski definition) is 4. The molecule has 0 radical (unpaired) electrons. The second kappa shape index (κ2) is 5.75. The van der Waals surface area contributed by atoms with Crippen molar-refractivity contribution in [2.75, 3.05) is 7.05 Å². The second-order valence-electron chi connectivity index (χ2n) is 5.34. The lowest BCUT2D eigenvalue weighted by molar-refractivity contribution is -0.159. The van der Waals surface area contributed by atoms with Crippen molar-refractivity contribution in [3.8, 4) is 0 Å². The lowest BCUT2D eigenvalue weighted by Gasteiger charge is -2.16. The fourth-order valence-electron chi connectivity index (χ4n) is 1.90. The number of rotatable bonds is 3. The zero-order chi connectivity index (χ0) is 16.5. The van der Waals surface area contributed by atoms with Crippen molar-refractivity contribution in [2.45, 2.75) is 26.2 Å². The zero-order valence-electron chi connectivity index (χ0n) is 12.4. The minimum absolute atomic E-state index is 0.0538. The van der Waals surface area contributed by atoms with E-state index < -0.39 is 29.3 Å². The van der Waals surface area contributed by atoms with Crippen LogP contribution in [0.4, 0.5) is 8.78 Å². The smallest absolute Gasteiger partial charge is 0.377 e. The zero-order valence-corrected chi connectivity index (χ0v) is 12.4. The molecular weight excluding hydrogens is 296 g/mol. The van der Waals surface area contributed by atoms with E-state index in [1.165, 1.54) is 18.0 Å². The van der Waals surface area contributed by atoms with Crippen molar-refractivity contribution in [1.29, 1.82) is 0 Å². The summed E-state index contributed by atoms with van der Waals surface area (Å²) >= 11 is 0. The van der Waals surface area contributed by atoms with Crippen LogP contribution in [0.3, 0.4) is 0 Å². The first-order chi connectivity index (χ1) is 10.2. The lowest BCUT2D eigenvalue weighted by atomic mass is 10.2. The van der Waals surface area contributed by atoms with Gasteiger partial charge in [-0.25, -0.2) is 13.6 Å². The number of likely N-dealkylation sites (N-methyl/N-ethyl adjacent to an activating group) is 1. The molecule has 22 heavy (non-hydrogen) atoms. The number of benzene rings is 1. The van der Waals surface area contributed by atoms with Crippen LogP contribution in [0.2, 0.25) is 0 Å². The number of esters is 1. The molecule has 0 atom stereocenters. The summed E-state index contributed by atoms with van der Waals surface area (Å²) < 4.78 is 36.1. The summed E-state index contributed by atoms with van der Waals surface area (Å²) in [7, 11) is 1.46. The van der Waals surface area contributed by atoms with Crippen LogP contribution in [0.25, 0.3) is 0 Å². The summed E-state index contributed by atoms with van der Waals surface area (Å²) in [6.07, 6.45) is 1.01. The molecule has 1 aromatic carbocycles. The Labute approximate surface area is 126 Å². The Morgan fingerprint density at radius 1 is 1.27 bits per heavy atom. The van der Waals surface area contributed by atoms with Crippen molar-refractivity contribution in [3.63, 3.8) is 0 Å². The molecule has 0 saturated carbocycles.